The molecule has 0 spiro atoms. The van der Waals surface area contributed by atoms with Crippen LogP contribution in [0, 0.1) is 0 Å². The molecule has 5 rings (SSSR count). The van der Waals surface area contributed by atoms with Gasteiger partial charge in [0.2, 0.25) is 5.95 Å². The van der Waals surface area contributed by atoms with E-state index in [0.717, 1.165) is 5.56 Å². The van der Waals surface area contributed by atoms with Crippen LogP contribution < -0.4 is 15.6 Å². The highest BCUT2D eigenvalue weighted by Gasteiger charge is 2.28. The highest BCUT2D eigenvalue weighted by molar-refractivity contribution is 6.42. The van der Waals surface area contributed by atoms with Gasteiger partial charge in [-0.05, 0) is 42.3 Å². The Kier molecular flexibility index (Phi) is 7.17. The molecule has 1 aromatic heterocycles. The van der Waals surface area contributed by atoms with E-state index in [-0.39, 0.29) is 18.0 Å². The SMILES string of the molecule is COc1ccccc1-n1c(NCc2ccccc2)nc2c(c1=O)CCN(C(=O)c1ccc(Cl)c(Cl)c1)C2. The monoisotopic (exact) mass is 534 g/mol. The van der Waals surface area contributed by atoms with Gasteiger partial charge in [-0.25, -0.2) is 9.55 Å². The van der Waals surface area contributed by atoms with Crippen molar-refractivity contribution in [3.8, 4) is 11.4 Å². The van der Waals surface area contributed by atoms with E-state index in [4.69, 9.17) is 32.9 Å². The molecule has 1 N–H and O–H groups in total. The van der Waals surface area contributed by atoms with Crippen LogP contribution in [0.1, 0.15) is 27.2 Å². The second kappa shape index (κ2) is 10.7. The smallest absolute Gasteiger partial charge is 0.263 e. The summed E-state index contributed by atoms with van der Waals surface area (Å²) in [7, 11) is 1.57. The molecule has 0 atom stereocenters. The lowest BCUT2D eigenvalue weighted by Gasteiger charge is -2.29. The molecule has 0 bridgehead atoms. The fraction of sp³-hybridized carbons (Fsp3) is 0.179. The maximum atomic E-state index is 13.8. The molecule has 1 aliphatic rings. The maximum Gasteiger partial charge on any atom is 0.263 e. The van der Waals surface area contributed by atoms with Crippen molar-refractivity contribution in [2.75, 3.05) is 19.0 Å². The van der Waals surface area contributed by atoms with Crippen molar-refractivity contribution in [1.29, 1.82) is 0 Å². The molecule has 1 amide bonds. The number of benzene rings is 3. The summed E-state index contributed by atoms with van der Waals surface area (Å²) < 4.78 is 7.10. The molecule has 0 radical (unpaired) electrons. The average molecular weight is 535 g/mol. The van der Waals surface area contributed by atoms with E-state index in [1.54, 1.807) is 40.8 Å². The second-order valence-corrected chi connectivity index (χ2v) is 9.43. The van der Waals surface area contributed by atoms with Crippen molar-refractivity contribution < 1.29 is 9.53 Å². The summed E-state index contributed by atoms with van der Waals surface area (Å²) in [6, 6.07) is 22.0. The number of anilines is 1. The van der Waals surface area contributed by atoms with E-state index in [9.17, 15) is 9.59 Å². The van der Waals surface area contributed by atoms with Crippen LogP contribution in [0.2, 0.25) is 10.0 Å². The van der Waals surface area contributed by atoms with Gasteiger partial charge in [-0.15, -0.1) is 0 Å². The summed E-state index contributed by atoms with van der Waals surface area (Å²) in [5.74, 6) is 0.737. The van der Waals surface area contributed by atoms with Crippen molar-refractivity contribution in [2.24, 2.45) is 0 Å². The van der Waals surface area contributed by atoms with Crippen molar-refractivity contribution in [1.82, 2.24) is 14.5 Å². The Balaban J connectivity index is 1.54. The lowest BCUT2D eigenvalue weighted by atomic mass is 10.0. The minimum atomic E-state index is -0.196. The predicted molar refractivity (Wildman–Crippen MR) is 145 cm³/mol. The molecule has 0 aliphatic carbocycles. The van der Waals surface area contributed by atoms with Crippen LogP contribution in [0.5, 0.6) is 5.75 Å². The zero-order valence-electron chi connectivity index (χ0n) is 20.1. The number of nitrogens with zero attached hydrogens (tertiary/aromatic N) is 3. The lowest BCUT2D eigenvalue weighted by Crippen LogP contribution is -2.40. The van der Waals surface area contributed by atoms with Gasteiger partial charge < -0.3 is 15.0 Å². The number of carbonyl (C=O) groups is 1. The van der Waals surface area contributed by atoms with E-state index in [2.05, 4.69) is 5.32 Å². The van der Waals surface area contributed by atoms with E-state index < -0.39 is 0 Å². The molecular formula is C28H24Cl2N4O3. The number of fused-ring (bicyclic) bond motifs is 1. The zero-order chi connectivity index (χ0) is 25.9. The summed E-state index contributed by atoms with van der Waals surface area (Å²) in [6.07, 6.45) is 0.377. The number of para-hydroxylation sites is 2. The fourth-order valence-corrected chi connectivity index (χ4v) is 4.71. The van der Waals surface area contributed by atoms with Gasteiger partial charge in [0.25, 0.3) is 11.5 Å². The molecule has 2 heterocycles. The van der Waals surface area contributed by atoms with E-state index >= 15 is 0 Å². The van der Waals surface area contributed by atoms with Gasteiger partial charge >= 0.3 is 0 Å². The van der Waals surface area contributed by atoms with Crippen LogP contribution in [0.3, 0.4) is 0 Å². The topological polar surface area (TPSA) is 76.5 Å². The van der Waals surface area contributed by atoms with Gasteiger partial charge in [0.05, 0.1) is 35.1 Å². The number of nitrogens with one attached hydrogen (secondary N) is 1. The number of hydrogen-bond donors (Lipinski definition) is 1. The third-order valence-corrected chi connectivity index (χ3v) is 7.05. The Bertz CT molecular complexity index is 1520. The average Bonchev–Trinajstić information content (AvgIpc) is 2.93. The quantitative estimate of drug-likeness (QED) is 0.360. The summed E-state index contributed by atoms with van der Waals surface area (Å²) in [6.45, 7) is 1.05. The molecule has 7 nitrogen and oxygen atoms in total. The first-order valence-corrected chi connectivity index (χ1v) is 12.5. The first kappa shape index (κ1) is 24.9. The van der Waals surface area contributed by atoms with Gasteiger partial charge in [-0.3, -0.25) is 9.59 Å². The predicted octanol–water partition coefficient (Wildman–Crippen LogP) is 5.36. The molecule has 188 valence electrons. The molecular weight excluding hydrogens is 511 g/mol. The standard InChI is InChI=1S/C28H24Cl2N4O3/c1-37-25-10-6-5-9-24(25)34-27(36)20-13-14-33(26(35)19-11-12-21(29)22(30)15-19)17-23(20)32-28(34)31-16-18-7-3-2-4-8-18/h2-12,15H,13-14,16-17H2,1H3,(H,31,32). The van der Waals surface area contributed by atoms with E-state index in [1.807, 2.05) is 48.5 Å². The highest BCUT2D eigenvalue weighted by Crippen LogP contribution is 2.27. The summed E-state index contributed by atoms with van der Waals surface area (Å²) >= 11 is 12.1. The van der Waals surface area contributed by atoms with Crippen molar-refractivity contribution in [3.63, 3.8) is 0 Å². The van der Waals surface area contributed by atoms with Crippen molar-refractivity contribution in [2.45, 2.75) is 19.5 Å². The van der Waals surface area contributed by atoms with Gasteiger partial charge in [0.15, 0.2) is 0 Å². The number of halogens is 2. The third kappa shape index (κ3) is 5.05. The van der Waals surface area contributed by atoms with Crippen molar-refractivity contribution in [3.05, 3.63) is 116 Å². The van der Waals surface area contributed by atoms with Gasteiger partial charge in [0.1, 0.15) is 5.75 Å². The minimum absolute atomic E-state index is 0.188. The molecule has 0 unspecified atom stereocenters. The van der Waals surface area contributed by atoms with E-state index in [1.165, 1.54) is 0 Å². The number of ether oxygens (including phenoxy) is 1. The highest BCUT2D eigenvalue weighted by atomic mass is 35.5. The normalized spacial score (nSPS) is 12.7. The number of aromatic nitrogens is 2. The van der Waals surface area contributed by atoms with Crippen LogP contribution >= 0.6 is 23.2 Å². The summed E-state index contributed by atoms with van der Waals surface area (Å²) in [5, 5.41) is 4.02. The number of hydrogen-bond acceptors (Lipinski definition) is 5. The molecule has 3 aromatic carbocycles. The van der Waals surface area contributed by atoms with Crippen LogP contribution in [-0.4, -0.2) is 34.0 Å². The Hall–Kier alpha value is -3.81. The van der Waals surface area contributed by atoms with Gasteiger partial charge in [-0.2, -0.15) is 0 Å². The number of rotatable bonds is 6. The van der Waals surface area contributed by atoms with Gasteiger partial charge in [0, 0.05) is 24.2 Å². The number of methoxy groups -OCH3 is 1. The third-order valence-electron chi connectivity index (χ3n) is 6.31. The zero-order valence-corrected chi connectivity index (χ0v) is 21.6. The van der Waals surface area contributed by atoms with Crippen LogP contribution in [0.15, 0.2) is 77.6 Å². The Morgan fingerprint density at radius 2 is 1.78 bits per heavy atom. The van der Waals surface area contributed by atoms with Gasteiger partial charge in [-0.1, -0.05) is 65.7 Å². The largest absolute Gasteiger partial charge is 0.495 e. The molecule has 9 heteroatoms. The minimum Gasteiger partial charge on any atom is -0.495 e. The summed E-state index contributed by atoms with van der Waals surface area (Å²) in [4.78, 5) is 33.6. The van der Waals surface area contributed by atoms with Crippen LogP contribution in [0.4, 0.5) is 5.95 Å². The lowest BCUT2D eigenvalue weighted by molar-refractivity contribution is 0.0731. The molecule has 0 saturated carbocycles. The molecule has 0 saturated heterocycles. The Morgan fingerprint density at radius 3 is 2.54 bits per heavy atom. The fourth-order valence-electron chi connectivity index (χ4n) is 4.41. The molecule has 37 heavy (non-hydrogen) atoms. The number of carbonyl (C=O) groups excluding carboxylic acids is 1. The molecule has 4 aromatic rings. The molecule has 1 aliphatic heterocycles. The van der Waals surface area contributed by atoms with Crippen LogP contribution in [-0.2, 0) is 19.5 Å². The summed E-state index contributed by atoms with van der Waals surface area (Å²) in [5.41, 5.74) is 3.02. The van der Waals surface area contributed by atoms with Crippen LogP contribution in [0.25, 0.3) is 5.69 Å². The number of amides is 1. The first-order chi connectivity index (χ1) is 18.0. The maximum absolute atomic E-state index is 13.8. The Morgan fingerprint density at radius 1 is 1.03 bits per heavy atom. The van der Waals surface area contributed by atoms with Crippen molar-refractivity contribution >= 4 is 35.1 Å². The Labute approximate surface area is 224 Å². The van der Waals surface area contributed by atoms with E-state index in [0.29, 0.717) is 63.8 Å². The second-order valence-electron chi connectivity index (χ2n) is 8.62. The first-order valence-electron chi connectivity index (χ1n) is 11.8. The molecule has 0 fully saturated rings.